The number of hydrogen-bond donors (Lipinski definition) is 1. The fraction of sp³-hybridized carbons (Fsp3) is 0.263. The number of alkyl halides is 3. The van der Waals surface area contributed by atoms with Gasteiger partial charge in [0.25, 0.3) is 0 Å². The zero-order valence-corrected chi connectivity index (χ0v) is 14.2. The normalized spacial score (nSPS) is 11.3. The molecule has 0 aliphatic heterocycles. The quantitative estimate of drug-likeness (QED) is 0.835. The molecule has 2 rings (SSSR count). The van der Waals surface area contributed by atoms with Gasteiger partial charge in [-0.2, -0.15) is 13.2 Å². The first-order valence-corrected chi connectivity index (χ1v) is 7.72. The Morgan fingerprint density at radius 1 is 1.15 bits per heavy atom. The van der Waals surface area contributed by atoms with E-state index in [4.69, 9.17) is 4.74 Å². The second kappa shape index (κ2) is 7.91. The second-order valence-electron chi connectivity index (χ2n) is 5.96. The molecule has 2 aromatic rings. The van der Waals surface area contributed by atoms with Gasteiger partial charge in [-0.15, -0.1) is 0 Å². The highest BCUT2D eigenvalue weighted by atomic mass is 19.4. The first-order chi connectivity index (χ1) is 12.2. The van der Waals surface area contributed by atoms with Crippen molar-refractivity contribution in [2.75, 3.05) is 0 Å². The monoisotopic (exact) mass is 362 g/mol. The standard InChI is InChI=1S/C19H17F3N2O2/c1-18(2,24-17(25)26-13-14-7-4-3-5-8-14)11-10-16-15(19(20,21)22)9-6-12-23-16/h3-9,12H,13H2,1-2H3,(H,24,25). The summed E-state index contributed by atoms with van der Waals surface area (Å²) in [6, 6.07) is 11.2. The minimum Gasteiger partial charge on any atom is -0.445 e. The lowest BCUT2D eigenvalue weighted by Crippen LogP contribution is -2.42. The van der Waals surface area contributed by atoms with Gasteiger partial charge < -0.3 is 10.1 Å². The molecule has 0 aliphatic carbocycles. The van der Waals surface area contributed by atoms with Crippen molar-refractivity contribution in [1.29, 1.82) is 0 Å². The number of benzene rings is 1. The third kappa shape index (κ3) is 5.81. The molecule has 26 heavy (non-hydrogen) atoms. The average Bonchev–Trinajstić information content (AvgIpc) is 2.58. The maximum absolute atomic E-state index is 12.9. The van der Waals surface area contributed by atoms with Crippen molar-refractivity contribution in [2.45, 2.75) is 32.2 Å². The summed E-state index contributed by atoms with van der Waals surface area (Å²) in [5.74, 6) is 4.98. The Hall–Kier alpha value is -3.01. The Kier molecular flexibility index (Phi) is 5.88. The Morgan fingerprint density at radius 3 is 2.50 bits per heavy atom. The van der Waals surface area contributed by atoms with Crippen molar-refractivity contribution in [3.63, 3.8) is 0 Å². The lowest BCUT2D eigenvalue weighted by molar-refractivity contribution is -0.138. The lowest BCUT2D eigenvalue weighted by atomic mass is 10.1. The van der Waals surface area contributed by atoms with Crippen molar-refractivity contribution in [2.24, 2.45) is 0 Å². The van der Waals surface area contributed by atoms with Gasteiger partial charge in [-0.1, -0.05) is 36.3 Å². The number of halogens is 3. The predicted octanol–water partition coefficient (Wildman–Crippen LogP) is 4.16. The highest BCUT2D eigenvalue weighted by Gasteiger charge is 2.33. The highest BCUT2D eigenvalue weighted by molar-refractivity contribution is 5.69. The summed E-state index contributed by atoms with van der Waals surface area (Å²) >= 11 is 0. The number of pyridine rings is 1. The van der Waals surface area contributed by atoms with Gasteiger partial charge in [-0.25, -0.2) is 9.78 Å². The fourth-order valence-corrected chi connectivity index (χ4v) is 1.99. The van der Waals surface area contributed by atoms with Crippen LogP contribution in [0.1, 0.15) is 30.7 Å². The number of nitrogens with zero attached hydrogens (tertiary/aromatic N) is 1. The molecule has 0 unspecified atom stereocenters. The molecular formula is C19H17F3N2O2. The number of aromatic nitrogens is 1. The van der Waals surface area contributed by atoms with Crippen molar-refractivity contribution in [1.82, 2.24) is 10.3 Å². The highest BCUT2D eigenvalue weighted by Crippen LogP contribution is 2.30. The van der Waals surface area contributed by atoms with Crippen LogP contribution in [0.2, 0.25) is 0 Å². The lowest BCUT2D eigenvalue weighted by Gasteiger charge is -2.19. The molecule has 0 fully saturated rings. The first kappa shape index (κ1) is 19.3. The van der Waals surface area contributed by atoms with E-state index in [1.807, 2.05) is 18.2 Å². The zero-order valence-electron chi connectivity index (χ0n) is 14.2. The molecule has 4 nitrogen and oxygen atoms in total. The van der Waals surface area contributed by atoms with Gasteiger partial charge in [0.1, 0.15) is 12.3 Å². The summed E-state index contributed by atoms with van der Waals surface area (Å²) in [6.07, 6.45) is -4.04. The molecular weight excluding hydrogens is 345 g/mol. The maximum Gasteiger partial charge on any atom is 0.419 e. The number of hydrogen-bond acceptors (Lipinski definition) is 3. The average molecular weight is 362 g/mol. The molecule has 136 valence electrons. The molecule has 1 amide bonds. The molecule has 1 aromatic carbocycles. The fourth-order valence-electron chi connectivity index (χ4n) is 1.99. The molecule has 0 bridgehead atoms. The molecule has 0 radical (unpaired) electrons. The summed E-state index contributed by atoms with van der Waals surface area (Å²) in [5, 5.41) is 2.51. The van der Waals surface area contributed by atoms with Crippen LogP contribution in [0.25, 0.3) is 0 Å². The van der Waals surface area contributed by atoms with Gasteiger partial charge in [-0.05, 0) is 37.5 Å². The smallest absolute Gasteiger partial charge is 0.419 e. The third-order valence-corrected chi connectivity index (χ3v) is 3.23. The minimum atomic E-state index is -4.55. The first-order valence-electron chi connectivity index (χ1n) is 7.72. The van der Waals surface area contributed by atoms with E-state index in [2.05, 4.69) is 22.1 Å². The van der Waals surface area contributed by atoms with Crippen molar-refractivity contribution < 1.29 is 22.7 Å². The summed E-state index contributed by atoms with van der Waals surface area (Å²) in [6.45, 7) is 3.19. The Balaban J connectivity index is 2.03. The van der Waals surface area contributed by atoms with Gasteiger partial charge in [0.2, 0.25) is 0 Å². The van der Waals surface area contributed by atoms with Gasteiger partial charge in [0.05, 0.1) is 11.1 Å². The number of carbonyl (C=O) groups is 1. The Labute approximate surface area is 149 Å². The van der Waals surface area contributed by atoms with Crippen LogP contribution in [0.5, 0.6) is 0 Å². The van der Waals surface area contributed by atoms with E-state index in [0.717, 1.165) is 11.6 Å². The van der Waals surface area contributed by atoms with E-state index in [1.165, 1.54) is 12.3 Å². The van der Waals surface area contributed by atoms with Crippen LogP contribution in [0.15, 0.2) is 48.7 Å². The molecule has 0 saturated carbocycles. The summed E-state index contributed by atoms with van der Waals surface area (Å²) < 4.78 is 43.9. The number of rotatable bonds is 3. The van der Waals surface area contributed by atoms with Crippen LogP contribution in [0.4, 0.5) is 18.0 Å². The molecule has 1 N–H and O–H groups in total. The number of carbonyl (C=O) groups excluding carboxylic acids is 1. The molecule has 0 spiro atoms. The Bertz CT molecular complexity index is 822. The van der Waals surface area contributed by atoms with Crippen LogP contribution in [-0.2, 0) is 17.5 Å². The molecule has 1 heterocycles. The summed E-state index contributed by atoms with van der Waals surface area (Å²) in [7, 11) is 0. The molecule has 7 heteroatoms. The SMILES string of the molecule is CC(C)(C#Cc1ncccc1C(F)(F)F)NC(=O)OCc1ccccc1. The van der Waals surface area contributed by atoms with Crippen LogP contribution in [0, 0.1) is 11.8 Å². The van der Waals surface area contributed by atoms with Crippen molar-refractivity contribution >= 4 is 6.09 Å². The van der Waals surface area contributed by atoms with E-state index in [1.54, 1.807) is 26.0 Å². The molecule has 1 aromatic heterocycles. The topological polar surface area (TPSA) is 51.2 Å². The second-order valence-corrected chi connectivity index (χ2v) is 5.96. The number of nitrogens with one attached hydrogen (secondary N) is 1. The largest absolute Gasteiger partial charge is 0.445 e. The number of ether oxygens (including phenoxy) is 1. The Morgan fingerprint density at radius 2 is 1.85 bits per heavy atom. The van der Waals surface area contributed by atoms with Crippen LogP contribution >= 0.6 is 0 Å². The van der Waals surface area contributed by atoms with E-state index in [0.29, 0.717) is 0 Å². The molecule has 0 saturated heterocycles. The van der Waals surface area contributed by atoms with Crippen LogP contribution in [-0.4, -0.2) is 16.6 Å². The molecule has 0 aliphatic rings. The third-order valence-electron chi connectivity index (χ3n) is 3.23. The van der Waals surface area contributed by atoms with Crippen molar-refractivity contribution in [3.05, 3.63) is 65.5 Å². The zero-order chi connectivity index (χ0) is 19.2. The maximum atomic E-state index is 12.9. The van der Waals surface area contributed by atoms with E-state index < -0.39 is 29.1 Å². The van der Waals surface area contributed by atoms with Gasteiger partial charge in [-0.3, -0.25) is 0 Å². The van der Waals surface area contributed by atoms with Gasteiger partial charge in [0.15, 0.2) is 0 Å². The summed E-state index contributed by atoms with van der Waals surface area (Å²) in [4.78, 5) is 15.5. The van der Waals surface area contributed by atoms with Gasteiger partial charge in [0, 0.05) is 6.20 Å². The van der Waals surface area contributed by atoms with Crippen LogP contribution < -0.4 is 5.32 Å². The minimum absolute atomic E-state index is 0.0780. The van der Waals surface area contributed by atoms with E-state index >= 15 is 0 Å². The van der Waals surface area contributed by atoms with E-state index in [9.17, 15) is 18.0 Å². The number of amides is 1. The van der Waals surface area contributed by atoms with Crippen molar-refractivity contribution in [3.8, 4) is 11.8 Å². The molecule has 0 atom stereocenters. The predicted molar refractivity (Wildman–Crippen MR) is 90.0 cm³/mol. The number of alkyl carbamates (subject to hydrolysis) is 1. The van der Waals surface area contributed by atoms with Gasteiger partial charge >= 0.3 is 12.3 Å². The summed E-state index contributed by atoms with van der Waals surface area (Å²) in [5.41, 5.74) is -1.61. The van der Waals surface area contributed by atoms with E-state index in [-0.39, 0.29) is 6.61 Å². The van der Waals surface area contributed by atoms with Crippen LogP contribution in [0.3, 0.4) is 0 Å².